The molecule has 0 aliphatic carbocycles. The number of aliphatic hydroxyl groups is 1. The summed E-state index contributed by atoms with van der Waals surface area (Å²) >= 11 is 0. The zero-order valence-electron chi connectivity index (χ0n) is 13.7. The van der Waals surface area contributed by atoms with E-state index in [1.54, 1.807) is 45.1 Å². The molecule has 1 aromatic carbocycles. The minimum Gasteiger partial charge on any atom is -0.496 e. The Bertz CT molecular complexity index is 480. The van der Waals surface area contributed by atoms with E-state index in [0.717, 1.165) is 5.56 Å². The Morgan fingerprint density at radius 1 is 1.24 bits per heavy atom. The Balaban J connectivity index is 3.16. The number of amides is 1. The molecule has 0 heterocycles. The van der Waals surface area contributed by atoms with Crippen LogP contribution < -0.4 is 9.47 Å². The van der Waals surface area contributed by atoms with Gasteiger partial charge in [0.2, 0.25) is 0 Å². The molecule has 0 aliphatic heterocycles. The van der Waals surface area contributed by atoms with Crippen molar-refractivity contribution in [3.63, 3.8) is 0 Å². The van der Waals surface area contributed by atoms with Gasteiger partial charge in [-0.15, -0.1) is 0 Å². The molecule has 0 saturated heterocycles. The van der Waals surface area contributed by atoms with Gasteiger partial charge in [0.05, 0.1) is 19.8 Å². The van der Waals surface area contributed by atoms with Gasteiger partial charge in [-0.2, -0.15) is 0 Å². The Morgan fingerprint density at radius 3 is 2.05 bits per heavy atom. The van der Waals surface area contributed by atoms with E-state index in [1.165, 1.54) is 0 Å². The highest BCUT2D eigenvalue weighted by Crippen LogP contribution is 2.30. The lowest BCUT2D eigenvalue weighted by Crippen LogP contribution is -2.42. The van der Waals surface area contributed by atoms with E-state index in [9.17, 15) is 9.90 Å². The fraction of sp³-hybridized carbons (Fsp3) is 0.562. The van der Waals surface area contributed by atoms with Crippen LogP contribution in [0.1, 0.15) is 36.7 Å². The maximum Gasteiger partial charge on any atom is 0.254 e. The summed E-state index contributed by atoms with van der Waals surface area (Å²) in [7, 11) is 3.12. The van der Waals surface area contributed by atoms with Gasteiger partial charge in [-0.3, -0.25) is 4.79 Å². The Kier molecular flexibility index (Phi) is 5.61. The molecule has 5 heteroatoms. The lowest BCUT2D eigenvalue weighted by Gasteiger charge is -2.28. The highest BCUT2D eigenvalue weighted by molar-refractivity contribution is 5.95. The molecular formula is C16H25NO4. The maximum absolute atomic E-state index is 12.6. The van der Waals surface area contributed by atoms with Crippen LogP contribution in [0.25, 0.3) is 0 Å². The SMILES string of the molecule is CCN(CC(C)(C)O)C(=O)c1cc(OC)c(C)c(OC)c1. The highest BCUT2D eigenvalue weighted by Gasteiger charge is 2.23. The molecule has 21 heavy (non-hydrogen) atoms. The molecule has 0 aliphatic rings. The van der Waals surface area contributed by atoms with Gasteiger partial charge in [0.25, 0.3) is 5.91 Å². The van der Waals surface area contributed by atoms with Gasteiger partial charge < -0.3 is 19.5 Å². The van der Waals surface area contributed by atoms with Crippen LogP contribution in [0.2, 0.25) is 0 Å². The molecule has 0 saturated carbocycles. The van der Waals surface area contributed by atoms with Crippen LogP contribution in [-0.4, -0.2) is 48.8 Å². The Morgan fingerprint density at radius 2 is 1.71 bits per heavy atom. The molecule has 0 spiro atoms. The third kappa shape index (κ3) is 4.36. The second-order valence-corrected chi connectivity index (χ2v) is 5.64. The molecule has 1 N–H and O–H groups in total. The standard InChI is InChI=1S/C16H25NO4/c1-7-17(10-16(3,4)19)15(18)12-8-13(20-5)11(2)14(9-12)21-6/h8-9,19H,7,10H2,1-6H3. The summed E-state index contributed by atoms with van der Waals surface area (Å²) < 4.78 is 10.6. The van der Waals surface area contributed by atoms with Gasteiger partial charge >= 0.3 is 0 Å². The maximum atomic E-state index is 12.6. The Hall–Kier alpha value is -1.75. The average molecular weight is 295 g/mol. The van der Waals surface area contributed by atoms with Gasteiger partial charge in [0.1, 0.15) is 11.5 Å². The zero-order valence-corrected chi connectivity index (χ0v) is 13.7. The number of ether oxygens (including phenoxy) is 2. The fourth-order valence-corrected chi connectivity index (χ4v) is 2.19. The lowest BCUT2D eigenvalue weighted by atomic mass is 10.1. The van der Waals surface area contributed by atoms with E-state index in [1.807, 2.05) is 13.8 Å². The monoisotopic (exact) mass is 295 g/mol. The van der Waals surface area contributed by atoms with Gasteiger partial charge in [-0.25, -0.2) is 0 Å². The summed E-state index contributed by atoms with van der Waals surface area (Å²) in [6.45, 7) is 7.90. The number of benzene rings is 1. The van der Waals surface area contributed by atoms with Gasteiger partial charge in [-0.05, 0) is 39.8 Å². The molecule has 118 valence electrons. The average Bonchev–Trinajstić information content (AvgIpc) is 2.43. The second kappa shape index (κ2) is 6.80. The third-order valence-electron chi connectivity index (χ3n) is 3.25. The van der Waals surface area contributed by atoms with Crippen LogP contribution in [0, 0.1) is 6.92 Å². The minimum absolute atomic E-state index is 0.156. The summed E-state index contributed by atoms with van der Waals surface area (Å²) in [5.41, 5.74) is 0.396. The fourth-order valence-electron chi connectivity index (χ4n) is 2.19. The largest absolute Gasteiger partial charge is 0.496 e. The molecule has 0 fully saturated rings. The Labute approximate surface area is 126 Å². The topological polar surface area (TPSA) is 59.0 Å². The van der Waals surface area contributed by atoms with Crippen molar-refractivity contribution in [3.8, 4) is 11.5 Å². The van der Waals surface area contributed by atoms with Crippen LogP contribution in [0.3, 0.4) is 0 Å². The first-order valence-electron chi connectivity index (χ1n) is 6.97. The molecule has 1 aromatic rings. The van der Waals surface area contributed by atoms with Crippen molar-refractivity contribution in [1.29, 1.82) is 0 Å². The van der Waals surface area contributed by atoms with Crippen LogP contribution >= 0.6 is 0 Å². The van der Waals surface area contributed by atoms with Crippen LogP contribution in [-0.2, 0) is 0 Å². The van der Waals surface area contributed by atoms with Gasteiger partial charge in [-0.1, -0.05) is 0 Å². The molecule has 0 unspecified atom stereocenters. The summed E-state index contributed by atoms with van der Waals surface area (Å²) in [4.78, 5) is 14.2. The number of hydrogen-bond donors (Lipinski definition) is 1. The number of carbonyl (C=O) groups excluding carboxylic acids is 1. The van der Waals surface area contributed by atoms with Crippen LogP contribution in [0.5, 0.6) is 11.5 Å². The van der Waals surface area contributed by atoms with E-state index in [-0.39, 0.29) is 12.5 Å². The zero-order chi connectivity index (χ0) is 16.2. The molecular weight excluding hydrogens is 270 g/mol. The van der Waals surface area contributed by atoms with Crippen molar-refractivity contribution in [3.05, 3.63) is 23.3 Å². The van der Waals surface area contributed by atoms with Crippen molar-refractivity contribution in [2.75, 3.05) is 27.3 Å². The minimum atomic E-state index is -0.940. The van der Waals surface area contributed by atoms with Crippen molar-refractivity contribution in [2.24, 2.45) is 0 Å². The van der Waals surface area contributed by atoms with Crippen molar-refractivity contribution in [2.45, 2.75) is 33.3 Å². The first kappa shape index (κ1) is 17.3. The summed E-state index contributed by atoms with van der Waals surface area (Å²) in [5, 5.41) is 9.92. The molecule has 0 aromatic heterocycles. The van der Waals surface area contributed by atoms with Crippen molar-refractivity contribution < 1.29 is 19.4 Å². The molecule has 0 radical (unpaired) electrons. The van der Waals surface area contributed by atoms with E-state index in [0.29, 0.717) is 23.6 Å². The number of likely N-dealkylation sites (N-methyl/N-ethyl adjacent to an activating group) is 1. The third-order valence-corrected chi connectivity index (χ3v) is 3.25. The van der Waals surface area contributed by atoms with Crippen molar-refractivity contribution in [1.82, 2.24) is 4.90 Å². The predicted molar refractivity (Wildman–Crippen MR) is 82.2 cm³/mol. The van der Waals surface area contributed by atoms with Crippen LogP contribution in [0.4, 0.5) is 0 Å². The van der Waals surface area contributed by atoms with Crippen molar-refractivity contribution >= 4 is 5.91 Å². The molecule has 5 nitrogen and oxygen atoms in total. The predicted octanol–water partition coefficient (Wildman–Crippen LogP) is 2.25. The van der Waals surface area contributed by atoms with E-state index >= 15 is 0 Å². The normalized spacial score (nSPS) is 11.2. The van der Waals surface area contributed by atoms with E-state index in [2.05, 4.69) is 0 Å². The highest BCUT2D eigenvalue weighted by atomic mass is 16.5. The van der Waals surface area contributed by atoms with E-state index in [4.69, 9.17) is 9.47 Å². The first-order chi connectivity index (χ1) is 9.73. The summed E-state index contributed by atoms with van der Waals surface area (Å²) in [5.74, 6) is 1.06. The summed E-state index contributed by atoms with van der Waals surface area (Å²) in [6, 6.07) is 3.40. The first-order valence-corrected chi connectivity index (χ1v) is 6.97. The quantitative estimate of drug-likeness (QED) is 0.874. The van der Waals surface area contributed by atoms with Crippen LogP contribution in [0.15, 0.2) is 12.1 Å². The number of methoxy groups -OCH3 is 2. The number of carbonyl (C=O) groups is 1. The van der Waals surface area contributed by atoms with Gasteiger partial charge in [0, 0.05) is 24.2 Å². The lowest BCUT2D eigenvalue weighted by molar-refractivity contribution is 0.0314. The number of nitrogens with zero attached hydrogens (tertiary/aromatic N) is 1. The molecule has 0 atom stereocenters. The molecule has 1 rings (SSSR count). The van der Waals surface area contributed by atoms with E-state index < -0.39 is 5.60 Å². The summed E-state index contributed by atoms with van der Waals surface area (Å²) in [6.07, 6.45) is 0. The number of rotatable bonds is 6. The number of hydrogen-bond acceptors (Lipinski definition) is 4. The second-order valence-electron chi connectivity index (χ2n) is 5.64. The molecule has 0 bridgehead atoms. The molecule has 1 amide bonds. The smallest absolute Gasteiger partial charge is 0.254 e. The van der Waals surface area contributed by atoms with Gasteiger partial charge in [0.15, 0.2) is 0 Å².